The van der Waals surface area contributed by atoms with E-state index in [4.69, 9.17) is 15.2 Å². The number of anilines is 1. The van der Waals surface area contributed by atoms with Crippen LogP contribution in [0.15, 0.2) is 47.6 Å². The van der Waals surface area contributed by atoms with E-state index < -0.39 is 0 Å². The summed E-state index contributed by atoms with van der Waals surface area (Å²) in [6.07, 6.45) is 2.05. The van der Waals surface area contributed by atoms with Crippen LogP contribution in [0.4, 0.5) is 5.69 Å². The van der Waals surface area contributed by atoms with E-state index in [1.165, 1.54) is 0 Å². The van der Waals surface area contributed by atoms with Gasteiger partial charge in [-0.3, -0.25) is 4.79 Å². The molecule has 2 heterocycles. The second kappa shape index (κ2) is 6.47. The zero-order chi connectivity index (χ0) is 17.2. The monoisotopic (exact) mass is 337 g/mol. The summed E-state index contributed by atoms with van der Waals surface area (Å²) in [6, 6.07) is 13.1. The number of nitrogens with two attached hydrogens (primary N) is 1. The summed E-state index contributed by atoms with van der Waals surface area (Å²) >= 11 is 0. The molecular formula is C19H19N3O3. The highest BCUT2D eigenvalue weighted by atomic mass is 16.7. The molecule has 4 rings (SSSR count). The molecule has 0 saturated heterocycles. The first-order valence-electron chi connectivity index (χ1n) is 8.31. The van der Waals surface area contributed by atoms with Crippen molar-refractivity contribution in [3.63, 3.8) is 0 Å². The minimum Gasteiger partial charge on any atom is -0.454 e. The van der Waals surface area contributed by atoms with Crippen molar-refractivity contribution in [3.05, 3.63) is 53.6 Å². The third-order valence-electron chi connectivity index (χ3n) is 4.35. The average Bonchev–Trinajstić information content (AvgIpc) is 3.11. The average molecular weight is 337 g/mol. The first kappa shape index (κ1) is 15.5. The van der Waals surface area contributed by atoms with E-state index in [1.54, 1.807) is 17.1 Å². The third kappa shape index (κ3) is 3.28. The Morgan fingerprint density at radius 3 is 2.76 bits per heavy atom. The molecule has 2 aromatic rings. The van der Waals surface area contributed by atoms with Crippen LogP contribution in [0.1, 0.15) is 24.0 Å². The number of hydrazone groups is 1. The van der Waals surface area contributed by atoms with E-state index in [-0.39, 0.29) is 12.7 Å². The van der Waals surface area contributed by atoms with Gasteiger partial charge in [0.05, 0.1) is 12.1 Å². The zero-order valence-electron chi connectivity index (χ0n) is 13.8. The second-order valence-corrected chi connectivity index (χ2v) is 6.15. The summed E-state index contributed by atoms with van der Waals surface area (Å²) in [4.78, 5) is 12.6. The van der Waals surface area contributed by atoms with Gasteiger partial charge in [-0.15, -0.1) is 0 Å². The van der Waals surface area contributed by atoms with Gasteiger partial charge < -0.3 is 15.2 Å². The van der Waals surface area contributed by atoms with Crippen LogP contribution in [0.25, 0.3) is 0 Å². The highest BCUT2D eigenvalue weighted by Crippen LogP contribution is 2.33. The molecule has 128 valence electrons. The maximum atomic E-state index is 12.6. The summed E-state index contributed by atoms with van der Waals surface area (Å²) in [7, 11) is 0. The Morgan fingerprint density at radius 2 is 1.92 bits per heavy atom. The highest BCUT2D eigenvalue weighted by Gasteiger charge is 2.21. The van der Waals surface area contributed by atoms with E-state index in [1.807, 2.05) is 30.3 Å². The first-order chi connectivity index (χ1) is 12.2. The van der Waals surface area contributed by atoms with Crippen LogP contribution in [-0.2, 0) is 11.2 Å². The van der Waals surface area contributed by atoms with E-state index in [2.05, 4.69) is 5.10 Å². The molecule has 6 nitrogen and oxygen atoms in total. The van der Waals surface area contributed by atoms with Gasteiger partial charge in [0.25, 0.3) is 0 Å². The second-order valence-electron chi connectivity index (χ2n) is 6.15. The minimum atomic E-state index is -0.0114. The van der Waals surface area contributed by atoms with E-state index in [0.717, 1.165) is 41.2 Å². The van der Waals surface area contributed by atoms with Crippen molar-refractivity contribution in [1.82, 2.24) is 5.01 Å². The minimum absolute atomic E-state index is 0.0114. The largest absolute Gasteiger partial charge is 0.454 e. The van der Waals surface area contributed by atoms with E-state index >= 15 is 0 Å². The normalized spacial score (nSPS) is 15.8. The predicted molar refractivity (Wildman–Crippen MR) is 94.6 cm³/mol. The summed E-state index contributed by atoms with van der Waals surface area (Å²) in [6.45, 7) is 0.888. The van der Waals surface area contributed by atoms with Gasteiger partial charge in [0, 0.05) is 17.8 Å². The molecule has 6 heteroatoms. The molecule has 2 aliphatic rings. The summed E-state index contributed by atoms with van der Waals surface area (Å²) < 4.78 is 10.8. The lowest BCUT2D eigenvalue weighted by molar-refractivity contribution is -0.130. The fourth-order valence-corrected chi connectivity index (χ4v) is 3.00. The molecule has 0 radical (unpaired) electrons. The Balaban J connectivity index is 1.51. The van der Waals surface area contributed by atoms with Crippen molar-refractivity contribution in [2.75, 3.05) is 19.1 Å². The number of fused-ring (bicyclic) bond motifs is 1. The summed E-state index contributed by atoms with van der Waals surface area (Å²) in [5, 5.41) is 6.14. The van der Waals surface area contributed by atoms with Gasteiger partial charge in [-0.05, 0) is 48.7 Å². The molecule has 2 aliphatic heterocycles. The van der Waals surface area contributed by atoms with Gasteiger partial charge in [-0.1, -0.05) is 12.1 Å². The third-order valence-corrected chi connectivity index (χ3v) is 4.35. The van der Waals surface area contributed by atoms with Gasteiger partial charge in [-0.25, -0.2) is 5.01 Å². The molecule has 0 aliphatic carbocycles. The maximum Gasteiger partial charge on any atom is 0.247 e. The van der Waals surface area contributed by atoms with Crippen LogP contribution in [0.5, 0.6) is 11.5 Å². The summed E-state index contributed by atoms with van der Waals surface area (Å²) in [5.74, 6) is 1.46. The zero-order valence-corrected chi connectivity index (χ0v) is 13.8. The number of benzene rings is 2. The molecule has 0 aromatic heterocycles. The Hall–Kier alpha value is -3.02. The van der Waals surface area contributed by atoms with Gasteiger partial charge in [-0.2, -0.15) is 5.10 Å². The van der Waals surface area contributed by atoms with E-state index in [9.17, 15) is 4.79 Å². The molecule has 0 fully saturated rings. The maximum absolute atomic E-state index is 12.6. The molecule has 1 amide bonds. The van der Waals surface area contributed by atoms with Crippen molar-refractivity contribution < 1.29 is 14.3 Å². The lowest BCUT2D eigenvalue weighted by Crippen LogP contribution is -2.33. The van der Waals surface area contributed by atoms with Crippen molar-refractivity contribution in [2.45, 2.75) is 19.3 Å². The first-order valence-corrected chi connectivity index (χ1v) is 8.31. The molecular weight excluding hydrogens is 318 g/mol. The number of rotatable bonds is 3. The Labute approximate surface area is 145 Å². The number of nitrogens with zero attached hydrogens (tertiary/aromatic N) is 2. The topological polar surface area (TPSA) is 77.2 Å². The van der Waals surface area contributed by atoms with Crippen molar-refractivity contribution >= 4 is 17.3 Å². The van der Waals surface area contributed by atoms with E-state index in [0.29, 0.717) is 18.7 Å². The van der Waals surface area contributed by atoms with Crippen LogP contribution in [-0.4, -0.2) is 30.0 Å². The lowest BCUT2D eigenvalue weighted by atomic mass is 10.0. The van der Waals surface area contributed by atoms with Crippen molar-refractivity contribution in [3.8, 4) is 11.5 Å². The smallest absolute Gasteiger partial charge is 0.247 e. The molecule has 0 unspecified atom stereocenters. The number of carbonyl (C=O) groups excluding carboxylic acids is 1. The Morgan fingerprint density at radius 1 is 1.12 bits per heavy atom. The van der Waals surface area contributed by atoms with Gasteiger partial charge >= 0.3 is 0 Å². The quantitative estimate of drug-likeness (QED) is 0.873. The molecule has 0 saturated carbocycles. The van der Waals surface area contributed by atoms with Crippen LogP contribution >= 0.6 is 0 Å². The predicted octanol–water partition coefficient (Wildman–Crippen LogP) is 2.57. The Kier molecular flexibility index (Phi) is 4.01. The van der Waals surface area contributed by atoms with Gasteiger partial charge in [0.15, 0.2) is 11.5 Å². The molecule has 0 bridgehead atoms. The molecule has 25 heavy (non-hydrogen) atoms. The van der Waals surface area contributed by atoms with Crippen LogP contribution < -0.4 is 15.2 Å². The van der Waals surface area contributed by atoms with Gasteiger partial charge in [0.2, 0.25) is 12.7 Å². The SMILES string of the molecule is Nc1ccc(CC(=O)N2CCCC(c3ccc4c(c3)OCO4)=N2)cc1. The number of amides is 1. The number of nitrogen functional groups attached to an aromatic ring is 1. The molecule has 0 atom stereocenters. The van der Waals surface area contributed by atoms with Gasteiger partial charge in [0.1, 0.15) is 0 Å². The van der Waals surface area contributed by atoms with Crippen molar-refractivity contribution in [2.24, 2.45) is 5.10 Å². The fourth-order valence-electron chi connectivity index (χ4n) is 3.00. The standard InChI is InChI=1S/C19H19N3O3/c20-15-6-3-13(4-7-15)10-19(23)22-9-1-2-16(21-22)14-5-8-17-18(11-14)25-12-24-17/h3-8,11H,1-2,9-10,12,20H2. The molecule has 2 N–H and O–H groups in total. The Bertz CT molecular complexity index is 830. The number of carbonyl (C=O) groups is 1. The summed E-state index contributed by atoms with van der Waals surface area (Å²) in [5.41, 5.74) is 9.18. The lowest BCUT2D eigenvalue weighted by Gasteiger charge is -2.24. The van der Waals surface area contributed by atoms with Crippen LogP contribution in [0.2, 0.25) is 0 Å². The van der Waals surface area contributed by atoms with Crippen molar-refractivity contribution in [1.29, 1.82) is 0 Å². The number of hydrogen-bond acceptors (Lipinski definition) is 5. The van der Waals surface area contributed by atoms with Crippen LogP contribution in [0.3, 0.4) is 0 Å². The number of ether oxygens (including phenoxy) is 2. The fraction of sp³-hybridized carbons (Fsp3) is 0.263. The highest BCUT2D eigenvalue weighted by molar-refractivity contribution is 6.02. The molecule has 0 spiro atoms. The number of hydrogen-bond donors (Lipinski definition) is 1. The molecule has 2 aromatic carbocycles. The van der Waals surface area contributed by atoms with Crippen LogP contribution in [0, 0.1) is 0 Å².